The Balaban J connectivity index is 1.31. The molecule has 0 bridgehead atoms. The lowest BCUT2D eigenvalue weighted by Crippen LogP contribution is -2.17. The molecule has 0 radical (unpaired) electrons. The van der Waals surface area contributed by atoms with Gasteiger partial charge in [-0.05, 0) is 111 Å². The molecule has 0 saturated heterocycles. The van der Waals surface area contributed by atoms with Gasteiger partial charge in [0.1, 0.15) is 0 Å². The van der Waals surface area contributed by atoms with Crippen LogP contribution in [0.5, 0.6) is 5.75 Å². The van der Waals surface area contributed by atoms with Crippen molar-refractivity contribution in [2.45, 2.75) is 103 Å². The van der Waals surface area contributed by atoms with Crippen molar-refractivity contribution < 1.29 is 17.9 Å². The number of hydrogen-bond acceptors (Lipinski definition) is 1. The minimum absolute atomic E-state index is 0.0606. The van der Waals surface area contributed by atoms with Crippen molar-refractivity contribution >= 4 is 6.08 Å². The van der Waals surface area contributed by atoms with Gasteiger partial charge in [0.15, 0.2) is 23.2 Å². The number of ether oxygens (including phenoxy) is 1. The third-order valence-corrected chi connectivity index (χ3v) is 8.67. The van der Waals surface area contributed by atoms with Crippen LogP contribution in [-0.4, -0.2) is 6.61 Å². The molecule has 2 aromatic carbocycles. The topological polar surface area (TPSA) is 9.23 Å². The fraction of sp³-hybridized carbons (Fsp3) is 0.576. The number of halogens is 3. The number of unbranched alkanes of at least 4 members (excludes halogenated alkanes) is 2. The standard InChI is InChI=1S/C33H43F3O/c1-3-5-6-7-23-10-15-26(16-11-23)28-19-20-29(33(36)32(28)35)27-17-12-24(13-18-27)8-9-25-14-21-31(37-4-2)30(34)22-25/h8-9,14,19-24,26-27H,3-7,10-13,15-18H2,1-2H3/b9-8+. The maximum absolute atomic E-state index is 15.2. The first kappa shape index (κ1) is 27.8. The molecule has 4 heteroatoms. The largest absolute Gasteiger partial charge is 0.491 e. The summed E-state index contributed by atoms with van der Waals surface area (Å²) >= 11 is 0. The number of allylic oxidation sites excluding steroid dienone is 1. The Morgan fingerprint density at radius 1 is 0.784 bits per heavy atom. The molecule has 202 valence electrons. The first-order chi connectivity index (χ1) is 18.0. The fourth-order valence-electron chi connectivity index (χ4n) is 6.42. The van der Waals surface area contributed by atoms with Crippen molar-refractivity contribution in [2.75, 3.05) is 6.61 Å². The molecule has 2 fully saturated rings. The van der Waals surface area contributed by atoms with Gasteiger partial charge in [0.05, 0.1) is 6.61 Å². The summed E-state index contributed by atoms with van der Waals surface area (Å²) in [6.07, 6.45) is 16.9. The van der Waals surface area contributed by atoms with Crippen LogP contribution in [0.4, 0.5) is 13.2 Å². The maximum atomic E-state index is 15.2. The van der Waals surface area contributed by atoms with Gasteiger partial charge in [-0.1, -0.05) is 63.0 Å². The lowest BCUT2D eigenvalue weighted by molar-refractivity contribution is 0.297. The van der Waals surface area contributed by atoms with Crippen molar-refractivity contribution in [3.05, 3.63) is 70.5 Å². The van der Waals surface area contributed by atoms with Gasteiger partial charge in [0, 0.05) is 0 Å². The molecule has 37 heavy (non-hydrogen) atoms. The van der Waals surface area contributed by atoms with E-state index in [2.05, 4.69) is 13.0 Å². The van der Waals surface area contributed by atoms with Gasteiger partial charge in [-0.25, -0.2) is 13.2 Å². The summed E-state index contributed by atoms with van der Waals surface area (Å²) < 4.78 is 49.8. The summed E-state index contributed by atoms with van der Waals surface area (Å²) in [6, 6.07) is 8.75. The highest BCUT2D eigenvalue weighted by Gasteiger charge is 2.29. The van der Waals surface area contributed by atoms with Crippen LogP contribution >= 0.6 is 0 Å². The van der Waals surface area contributed by atoms with E-state index in [1.807, 2.05) is 31.2 Å². The van der Waals surface area contributed by atoms with Crippen LogP contribution in [-0.2, 0) is 0 Å². The van der Waals surface area contributed by atoms with Gasteiger partial charge in [-0.15, -0.1) is 0 Å². The molecule has 0 amide bonds. The third-order valence-electron chi connectivity index (χ3n) is 8.67. The Morgan fingerprint density at radius 3 is 1.97 bits per heavy atom. The molecular formula is C33H43F3O. The van der Waals surface area contributed by atoms with Gasteiger partial charge < -0.3 is 4.74 Å². The quantitative estimate of drug-likeness (QED) is 0.288. The highest BCUT2D eigenvalue weighted by atomic mass is 19.2. The zero-order chi connectivity index (χ0) is 26.2. The lowest BCUT2D eigenvalue weighted by atomic mass is 9.75. The summed E-state index contributed by atoms with van der Waals surface area (Å²) in [5.41, 5.74) is 1.94. The molecule has 0 N–H and O–H groups in total. The second kappa shape index (κ2) is 13.5. The lowest BCUT2D eigenvalue weighted by Gasteiger charge is -2.30. The van der Waals surface area contributed by atoms with Crippen molar-refractivity contribution in [1.82, 2.24) is 0 Å². The maximum Gasteiger partial charge on any atom is 0.165 e. The predicted octanol–water partition coefficient (Wildman–Crippen LogP) is 10.3. The molecule has 2 aromatic rings. The number of hydrogen-bond donors (Lipinski definition) is 0. The van der Waals surface area contributed by atoms with E-state index >= 15 is 8.78 Å². The Morgan fingerprint density at radius 2 is 1.41 bits per heavy atom. The van der Waals surface area contributed by atoms with E-state index in [0.29, 0.717) is 23.7 Å². The summed E-state index contributed by atoms with van der Waals surface area (Å²) in [6.45, 7) is 4.50. The average molecular weight is 513 g/mol. The minimum Gasteiger partial charge on any atom is -0.491 e. The molecule has 2 aliphatic carbocycles. The molecule has 0 heterocycles. The second-order valence-electron chi connectivity index (χ2n) is 11.2. The van der Waals surface area contributed by atoms with Gasteiger partial charge in [-0.2, -0.15) is 0 Å². The molecule has 0 aromatic heterocycles. The van der Waals surface area contributed by atoms with Gasteiger partial charge >= 0.3 is 0 Å². The van der Waals surface area contributed by atoms with Crippen LogP contribution in [0.25, 0.3) is 6.08 Å². The first-order valence-corrected chi connectivity index (χ1v) is 14.6. The third kappa shape index (κ3) is 7.21. The van der Waals surface area contributed by atoms with E-state index in [0.717, 1.165) is 62.8 Å². The summed E-state index contributed by atoms with van der Waals surface area (Å²) in [5.74, 6) is 0.0325. The molecule has 1 nitrogen and oxygen atoms in total. The van der Waals surface area contributed by atoms with E-state index in [-0.39, 0.29) is 23.4 Å². The normalized spacial score (nSPS) is 24.5. The SMILES string of the molecule is CCCCCC1CCC(c2ccc(C3CCC(/C=C/c4ccc(OCC)c(F)c4)CC3)c(F)c2F)CC1. The van der Waals surface area contributed by atoms with Crippen molar-refractivity contribution in [2.24, 2.45) is 11.8 Å². The van der Waals surface area contributed by atoms with Crippen LogP contribution in [0.15, 0.2) is 36.4 Å². The Bertz CT molecular complexity index is 1030. The highest BCUT2D eigenvalue weighted by molar-refractivity contribution is 5.51. The number of benzene rings is 2. The molecule has 0 unspecified atom stereocenters. The molecule has 0 spiro atoms. The smallest absolute Gasteiger partial charge is 0.165 e. The highest BCUT2D eigenvalue weighted by Crippen LogP contribution is 2.42. The van der Waals surface area contributed by atoms with E-state index < -0.39 is 11.6 Å². The minimum atomic E-state index is -0.619. The molecule has 2 saturated carbocycles. The summed E-state index contributed by atoms with van der Waals surface area (Å²) in [5, 5.41) is 0. The molecule has 0 atom stereocenters. The zero-order valence-electron chi connectivity index (χ0n) is 22.6. The fourth-order valence-corrected chi connectivity index (χ4v) is 6.42. The van der Waals surface area contributed by atoms with E-state index in [9.17, 15) is 4.39 Å². The van der Waals surface area contributed by atoms with E-state index in [1.165, 1.54) is 31.7 Å². The van der Waals surface area contributed by atoms with Crippen LogP contribution in [0.2, 0.25) is 0 Å². The zero-order valence-corrected chi connectivity index (χ0v) is 22.6. The van der Waals surface area contributed by atoms with Gasteiger partial charge in [0.25, 0.3) is 0 Å². The Hall–Kier alpha value is -2.23. The van der Waals surface area contributed by atoms with Crippen LogP contribution < -0.4 is 4.74 Å². The first-order valence-electron chi connectivity index (χ1n) is 14.6. The predicted molar refractivity (Wildman–Crippen MR) is 147 cm³/mol. The Kier molecular flexibility index (Phi) is 10.2. The summed E-state index contributed by atoms with van der Waals surface area (Å²) in [7, 11) is 0. The average Bonchev–Trinajstić information content (AvgIpc) is 2.91. The molecule has 2 aliphatic rings. The molecule has 4 rings (SSSR count). The molecular weight excluding hydrogens is 469 g/mol. The van der Waals surface area contributed by atoms with Gasteiger partial charge in [0.2, 0.25) is 0 Å². The van der Waals surface area contributed by atoms with Crippen LogP contribution in [0, 0.1) is 29.3 Å². The van der Waals surface area contributed by atoms with Crippen molar-refractivity contribution in [3.63, 3.8) is 0 Å². The monoisotopic (exact) mass is 512 g/mol. The van der Waals surface area contributed by atoms with E-state index in [1.54, 1.807) is 6.07 Å². The van der Waals surface area contributed by atoms with Crippen LogP contribution in [0.3, 0.4) is 0 Å². The Labute approximate surface area is 221 Å². The van der Waals surface area contributed by atoms with Gasteiger partial charge in [-0.3, -0.25) is 0 Å². The van der Waals surface area contributed by atoms with Crippen molar-refractivity contribution in [1.29, 1.82) is 0 Å². The second-order valence-corrected chi connectivity index (χ2v) is 11.2. The van der Waals surface area contributed by atoms with E-state index in [4.69, 9.17) is 4.74 Å². The van der Waals surface area contributed by atoms with Crippen LogP contribution in [0.1, 0.15) is 119 Å². The molecule has 0 aliphatic heterocycles. The number of rotatable bonds is 10. The summed E-state index contributed by atoms with van der Waals surface area (Å²) in [4.78, 5) is 0. The van der Waals surface area contributed by atoms with Crippen molar-refractivity contribution in [3.8, 4) is 5.75 Å².